The highest BCUT2D eigenvalue weighted by Crippen LogP contribution is 1.99. The van der Waals surface area contributed by atoms with E-state index in [0.717, 1.165) is 43.4 Å². The molecule has 0 amide bonds. The van der Waals surface area contributed by atoms with Gasteiger partial charge in [0.05, 0.1) is 0 Å². The van der Waals surface area contributed by atoms with Gasteiger partial charge in [-0.05, 0) is 26.2 Å². The van der Waals surface area contributed by atoms with E-state index in [1.807, 2.05) is 6.92 Å². The van der Waals surface area contributed by atoms with E-state index < -0.39 is 0 Å². The highest BCUT2D eigenvalue weighted by Gasteiger charge is 2.15. The number of piperazine rings is 1. The zero-order chi connectivity index (χ0) is 10.6. The second kappa shape index (κ2) is 5.32. The fourth-order valence-corrected chi connectivity index (χ4v) is 1.60. The number of likely N-dealkylation sites (N-methyl/N-ethyl adjacent to an activating group) is 1. The number of nitrogens with zero attached hydrogens (tertiary/aromatic N) is 2. The van der Waals surface area contributed by atoms with Crippen molar-refractivity contribution in [3.63, 3.8) is 0 Å². The molecule has 0 saturated carbocycles. The first kappa shape index (κ1) is 11.5. The van der Waals surface area contributed by atoms with Crippen molar-refractivity contribution in [2.75, 3.05) is 39.8 Å². The largest absolute Gasteiger partial charge is 0.359 e. The molecule has 0 unspecified atom stereocenters. The molecule has 1 aliphatic heterocycles. The van der Waals surface area contributed by atoms with Crippen molar-refractivity contribution in [2.24, 2.45) is 0 Å². The van der Waals surface area contributed by atoms with Gasteiger partial charge in [-0.2, -0.15) is 0 Å². The minimum Gasteiger partial charge on any atom is -0.359 e. The molecule has 0 bridgehead atoms. The number of rotatable bonds is 2. The third kappa shape index (κ3) is 3.64. The summed E-state index contributed by atoms with van der Waals surface area (Å²) >= 11 is 5.29. The van der Waals surface area contributed by atoms with Gasteiger partial charge in [0.25, 0.3) is 0 Å². The average Bonchev–Trinajstić information content (AvgIpc) is 2.15. The first-order chi connectivity index (χ1) is 6.59. The van der Waals surface area contributed by atoms with E-state index in [-0.39, 0.29) is 0 Å². The summed E-state index contributed by atoms with van der Waals surface area (Å²) in [6.45, 7) is 10.9. The summed E-state index contributed by atoms with van der Waals surface area (Å²) in [6, 6.07) is 0. The first-order valence-corrected chi connectivity index (χ1v) is 5.36. The van der Waals surface area contributed by atoms with Gasteiger partial charge >= 0.3 is 0 Å². The number of hydrogen-bond acceptors (Lipinski definition) is 2. The Morgan fingerprint density at radius 3 is 2.43 bits per heavy atom. The quantitative estimate of drug-likeness (QED) is 0.537. The summed E-state index contributed by atoms with van der Waals surface area (Å²) in [5.41, 5.74) is 1.11. The van der Waals surface area contributed by atoms with Crippen LogP contribution in [0.5, 0.6) is 0 Å². The summed E-state index contributed by atoms with van der Waals surface area (Å²) in [4.78, 5) is 4.54. The van der Waals surface area contributed by atoms with Crippen LogP contribution in [0.4, 0.5) is 0 Å². The number of hydrogen-bond donors (Lipinski definition) is 1. The van der Waals surface area contributed by atoms with Gasteiger partial charge in [0.15, 0.2) is 5.11 Å². The Labute approximate surface area is 91.8 Å². The summed E-state index contributed by atoms with van der Waals surface area (Å²) in [5.74, 6) is 0. The maximum atomic E-state index is 5.29. The standard InChI is InChI=1S/C10H19N3S/c1-9(2)8-11-10(14)13-6-4-12(3)5-7-13/h1,4-8H2,2-3H3,(H,11,14). The van der Waals surface area contributed by atoms with Crippen LogP contribution in [0.1, 0.15) is 6.92 Å². The van der Waals surface area contributed by atoms with Crippen molar-refractivity contribution in [3.05, 3.63) is 12.2 Å². The molecule has 1 N–H and O–H groups in total. The van der Waals surface area contributed by atoms with Crippen molar-refractivity contribution in [1.29, 1.82) is 0 Å². The Morgan fingerprint density at radius 2 is 1.93 bits per heavy atom. The lowest BCUT2D eigenvalue weighted by Crippen LogP contribution is -2.50. The molecule has 0 aromatic rings. The smallest absolute Gasteiger partial charge is 0.169 e. The van der Waals surface area contributed by atoms with Crippen LogP contribution in [0, 0.1) is 0 Å². The SMILES string of the molecule is C=C(C)CNC(=S)N1CCN(C)CC1. The average molecular weight is 213 g/mol. The molecule has 1 heterocycles. The van der Waals surface area contributed by atoms with E-state index in [2.05, 4.69) is 28.7 Å². The fraction of sp³-hybridized carbons (Fsp3) is 0.700. The van der Waals surface area contributed by atoms with Crippen LogP contribution in [0.3, 0.4) is 0 Å². The van der Waals surface area contributed by atoms with Gasteiger partial charge in [-0.15, -0.1) is 0 Å². The van der Waals surface area contributed by atoms with Gasteiger partial charge in [0.2, 0.25) is 0 Å². The lowest BCUT2D eigenvalue weighted by Gasteiger charge is -2.34. The van der Waals surface area contributed by atoms with E-state index in [4.69, 9.17) is 12.2 Å². The number of nitrogens with one attached hydrogen (secondary N) is 1. The van der Waals surface area contributed by atoms with Gasteiger partial charge in [-0.1, -0.05) is 12.2 Å². The van der Waals surface area contributed by atoms with E-state index in [1.54, 1.807) is 0 Å². The molecule has 1 rings (SSSR count). The predicted molar refractivity (Wildman–Crippen MR) is 64.5 cm³/mol. The monoisotopic (exact) mass is 213 g/mol. The maximum Gasteiger partial charge on any atom is 0.169 e. The highest BCUT2D eigenvalue weighted by molar-refractivity contribution is 7.80. The van der Waals surface area contributed by atoms with Crippen LogP contribution in [0.2, 0.25) is 0 Å². The van der Waals surface area contributed by atoms with E-state index >= 15 is 0 Å². The molecule has 80 valence electrons. The zero-order valence-corrected chi connectivity index (χ0v) is 9.86. The fourth-order valence-electron chi connectivity index (χ4n) is 1.35. The molecular formula is C10H19N3S. The Bertz CT molecular complexity index is 219. The Morgan fingerprint density at radius 1 is 1.36 bits per heavy atom. The minimum atomic E-state index is 0.783. The molecular weight excluding hydrogens is 194 g/mol. The molecule has 0 aliphatic carbocycles. The summed E-state index contributed by atoms with van der Waals surface area (Å²) < 4.78 is 0. The molecule has 1 saturated heterocycles. The van der Waals surface area contributed by atoms with E-state index in [9.17, 15) is 0 Å². The third-order valence-corrected chi connectivity index (χ3v) is 2.73. The molecule has 0 aromatic carbocycles. The molecule has 0 aromatic heterocycles. The molecule has 3 nitrogen and oxygen atoms in total. The maximum absolute atomic E-state index is 5.29. The summed E-state index contributed by atoms with van der Waals surface area (Å²) in [7, 11) is 2.14. The third-order valence-electron chi connectivity index (χ3n) is 2.33. The molecule has 14 heavy (non-hydrogen) atoms. The van der Waals surface area contributed by atoms with Crippen molar-refractivity contribution in [1.82, 2.24) is 15.1 Å². The summed E-state index contributed by atoms with van der Waals surface area (Å²) in [6.07, 6.45) is 0. The van der Waals surface area contributed by atoms with Crippen LogP contribution >= 0.6 is 12.2 Å². The van der Waals surface area contributed by atoms with Gasteiger partial charge in [-0.25, -0.2) is 0 Å². The molecule has 1 fully saturated rings. The van der Waals surface area contributed by atoms with Crippen LogP contribution in [0.15, 0.2) is 12.2 Å². The summed E-state index contributed by atoms with van der Waals surface area (Å²) in [5, 5.41) is 4.07. The van der Waals surface area contributed by atoms with E-state index in [1.165, 1.54) is 0 Å². The highest BCUT2D eigenvalue weighted by atomic mass is 32.1. The van der Waals surface area contributed by atoms with Crippen molar-refractivity contribution in [3.8, 4) is 0 Å². The Kier molecular flexibility index (Phi) is 4.35. The molecule has 1 aliphatic rings. The first-order valence-electron chi connectivity index (χ1n) is 4.95. The van der Waals surface area contributed by atoms with Gasteiger partial charge in [-0.3, -0.25) is 0 Å². The van der Waals surface area contributed by atoms with Gasteiger partial charge in [0, 0.05) is 32.7 Å². The van der Waals surface area contributed by atoms with Crippen molar-refractivity contribution < 1.29 is 0 Å². The predicted octanol–water partition coefficient (Wildman–Crippen LogP) is 0.684. The molecule has 0 spiro atoms. The molecule has 0 atom stereocenters. The van der Waals surface area contributed by atoms with Crippen LogP contribution in [0.25, 0.3) is 0 Å². The van der Waals surface area contributed by atoms with Crippen LogP contribution in [-0.4, -0.2) is 54.7 Å². The van der Waals surface area contributed by atoms with Crippen LogP contribution < -0.4 is 5.32 Å². The van der Waals surface area contributed by atoms with Crippen molar-refractivity contribution >= 4 is 17.3 Å². The van der Waals surface area contributed by atoms with Crippen LogP contribution in [-0.2, 0) is 0 Å². The minimum absolute atomic E-state index is 0.783. The Balaban J connectivity index is 2.27. The second-order valence-corrected chi connectivity index (χ2v) is 4.29. The number of thiocarbonyl (C=S) groups is 1. The second-order valence-electron chi connectivity index (χ2n) is 3.91. The Hall–Kier alpha value is -0.610. The topological polar surface area (TPSA) is 18.5 Å². The zero-order valence-electron chi connectivity index (χ0n) is 9.05. The van der Waals surface area contributed by atoms with Crippen molar-refractivity contribution in [2.45, 2.75) is 6.92 Å². The van der Waals surface area contributed by atoms with Gasteiger partial charge < -0.3 is 15.1 Å². The molecule has 4 heteroatoms. The van der Waals surface area contributed by atoms with Gasteiger partial charge in [0.1, 0.15) is 0 Å². The van der Waals surface area contributed by atoms with E-state index in [0.29, 0.717) is 0 Å². The normalized spacial score (nSPS) is 18.0. The molecule has 0 radical (unpaired) electrons. The lowest BCUT2D eigenvalue weighted by molar-refractivity contribution is 0.214. The lowest BCUT2D eigenvalue weighted by atomic mass is 10.3.